The molecule has 0 aliphatic heterocycles. The van der Waals surface area contributed by atoms with Crippen LogP contribution in [0.4, 0.5) is 0 Å². The van der Waals surface area contributed by atoms with Crippen LogP contribution in [0.1, 0.15) is 23.5 Å². The SMILES string of the molecule is Cc1cc(C)n(CCCNC(=O)Cc2cn3ccsc3n2)n1. The molecule has 0 spiro atoms. The maximum atomic E-state index is 11.9. The first kappa shape index (κ1) is 14.8. The minimum Gasteiger partial charge on any atom is -0.356 e. The summed E-state index contributed by atoms with van der Waals surface area (Å²) in [6.45, 7) is 5.50. The summed E-state index contributed by atoms with van der Waals surface area (Å²) in [6.07, 6.45) is 5.05. The number of hydrogen-bond donors (Lipinski definition) is 1. The summed E-state index contributed by atoms with van der Waals surface area (Å²) in [4.78, 5) is 17.2. The molecular formula is C15H19N5OS. The number of fused-ring (bicyclic) bond motifs is 1. The fourth-order valence-corrected chi connectivity index (χ4v) is 3.17. The predicted molar refractivity (Wildman–Crippen MR) is 86.1 cm³/mol. The Kier molecular flexibility index (Phi) is 4.24. The largest absolute Gasteiger partial charge is 0.356 e. The lowest BCUT2D eigenvalue weighted by atomic mass is 10.3. The lowest BCUT2D eigenvalue weighted by Gasteiger charge is -2.06. The molecule has 3 rings (SSSR count). The van der Waals surface area contributed by atoms with Gasteiger partial charge in [-0.1, -0.05) is 0 Å². The monoisotopic (exact) mass is 317 g/mol. The van der Waals surface area contributed by atoms with Crippen LogP contribution in [0.5, 0.6) is 0 Å². The van der Waals surface area contributed by atoms with Crippen molar-refractivity contribution in [1.82, 2.24) is 24.5 Å². The molecule has 0 aliphatic carbocycles. The van der Waals surface area contributed by atoms with Gasteiger partial charge in [-0.05, 0) is 26.3 Å². The molecule has 0 aromatic carbocycles. The van der Waals surface area contributed by atoms with E-state index in [1.165, 1.54) is 0 Å². The molecule has 0 aliphatic rings. The van der Waals surface area contributed by atoms with Crippen LogP contribution in [0.2, 0.25) is 0 Å². The van der Waals surface area contributed by atoms with E-state index in [0.717, 1.165) is 35.0 Å². The van der Waals surface area contributed by atoms with Gasteiger partial charge in [0.15, 0.2) is 4.96 Å². The van der Waals surface area contributed by atoms with Crippen LogP contribution in [0.25, 0.3) is 4.96 Å². The molecule has 0 saturated carbocycles. The third kappa shape index (κ3) is 3.36. The second kappa shape index (κ2) is 6.31. The van der Waals surface area contributed by atoms with Gasteiger partial charge in [0.1, 0.15) is 0 Å². The molecular weight excluding hydrogens is 298 g/mol. The fourth-order valence-electron chi connectivity index (χ4n) is 2.45. The van der Waals surface area contributed by atoms with Crippen LogP contribution in [0, 0.1) is 13.8 Å². The maximum absolute atomic E-state index is 11.9. The Morgan fingerprint density at radius 1 is 1.41 bits per heavy atom. The van der Waals surface area contributed by atoms with Gasteiger partial charge in [0.25, 0.3) is 0 Å². The van der Waals surface area contributed by atoms with Gasteiger partial charge in [0.05, 0.1) is 17.8 Å². The molecule has 1 N–H and O–H groups in total. The standard InChI is InChI=1S/C15H19N5OS/c1-11-8-12(2)20(18-11)5-3-4-16-14(21)9-13-10-19-6-7-22-15(19)17-13/h6-8,10H,3-5,9H2,1-2H3,(H,16,21). The molecule has 0 atom stereocenters. The molecule has 0 bridgehead atoms. The van der Waals surface area contributed by atoms with Crippen LogP contribution in [-0.2, 0) is 17.8 Å². The molecule has 0 saturated heterocycles. The van der Waals surface area contributed by atoms with Crippen LogP contribution in [0.3, 0.4) is 0 Å². The van der Waals surface area contributed by atoms with Gasteiger partial charge < -0.3 is 5.32 Å². The van der Waals surface area contributed by atoms with Crippen molar-refractivity contribution in [2.24, 2.45) is 0 Å². The summed E-state index contributed by atoms with van der Waals surface area (Å²) in [5.74, 6) is 0.0131. The molecule has 116 valence electrons. The second-order valence-corrected chi connectivity index (χ2v) is 6.23. The van der Waals surface area contributed by atoms with Crippen molar-refractivity contribution in [1.29, 1.82) is 0 Å². The number of amides is 1. The highest BCUT2D eigenvalue weighted by Crippen LogP contribution is 2.11. The molecule has 1 amide bonds. The van der Waals surface area contributed by atoms with Gasteiger partial charge in [-0.3, -0.25) is 13.9 Å². The van der Waals surface area contributed by atoms with E-state index in [0.29, 0.717) is 13.0 Å². The smallest absolute Gasteiger partial charge is 0.226 e. The average Bonchev–Trinajstić information content (AvgIpc) is 3.10. The number of hydrogen-bond acceptors (Lipinski definition) is 4. The van der Waals surface area contributed by atoms with E-state index in [4.69, 9.17) is 0 Å². The third-order valence-corrected chi connectivity index (χ3v) is 4.23. The normalized spacial score (nSPS) is 11.2. The highest BCUT2D eigenvalue weighted by Gasteiger charge is 2.08. The Morgan fingerprint density at radius 2 is 2.27 bits per heavy atom. The Morgan fingerprint density at radius 3 is 3.00 bits per heavy atom. The number of nitrogens with zero attached hydrogens (tertiary/aromatic N) is 4. The van der Waals surface area contributed by atoms with Crippen molar-refractivity contribution >= 4 is 22.2 Å². The second-order valence-electron chi connectivity index (χ2n) is 5.36. The molecule has 3 heterocycles. The van der Waals surface area contributed by atoms with E-state index < -0.39 is 0 Å². The summed E-state index contributed by atoms with van der Waals surface area (Å²) >= 11 is 1.57. The van der Waals surface area contributed by atoms with E-state index in [2.05, 4.69) is 21.5 Å². The molecule has 7 heteroatoms. The number of rotatable bonds is 6. The summed E-state index contributed by atoms with van der Waals surface area (Å²) in [5, 5.41) is 9.32. The van der Waals surface area contributed by atoms with E-state index in [1.54, 1.807) is 11.3 Å². The Hall–Kier alpha value is -2.15. The van der Waals surface area contributed by atoms with E-state index in [-0.39, 0.29) is 5.91 Å². The zero-order chi connectivity index (χ0) is 15.5. The lowest BCUT2D eigenvalue weighted by molar-refractivity contribution is -0.120. The highest BCUT2D eigenvalue weighted by atomic mass is 32.1. The van der Waals surface area contributed by atoms with Crippen molar-refractivity contribution in [3.63, 3.8) is 0 Å². The summed E-state index contributed by atoms with van der Waals surface area (Å²) in [7, 11) is 0. The number of carbonyl (C=O) groups excluding carboxylic acids is 1. The fraction of sp³-hybridized carbons (Fsp3) is 0.400. The number of nitrogens with one attached hydrogen (secondary N) is 1. The topological polar surface area (TPSA) is 64.2 Å². The Bertz CT molecular complexity index is 756. The maximum Gasteiger partial charge on any atom is 0.226 e. The minimum atomic E-state index is 0.0131. The number of carbonyl (C=O) groups is 1. The Labute approximate surface area is 132 Å². The van der Waals surface area contributed by atoms with Gasteiger partial charge in [0, 0.05) is 36.6 Å². The van der Waals surface area contributed by atoms with Crippen molar-refractivity contribution in [3.8, 4) is 0 Å². The van der Waals surface area contributed by atoms with Gasteiger partial charge in [-0.2, -0.15) is 5.10 Å². The molecule has 3 aromatic rings. The zero-order valence-corrected chi connectivity index (χ0v) is 13.6. The molecule has 0 unspecified atom stereocenters. The van der Waals surface area contributed by atoms with Gasteiger partial charge in [-0.25, -0.2) is 4.98 Å². The van der Waals surface area contributed by atoms with Crippen molar-refractivity contribution < 1.29 is 4.79 Å². The van der Waals surface area contributed by atoms with Crippen molar-refractivity contribution in [3.05, 3.63) is 40.9 Å². The first-order chi connectivity index (χ1) is 10.6. The van der Waals surface area contributed by atoms with Gasteiger partial charge in [0.2, 0.25) is 5.91 Å². The van der Waals surface area contributed by atoms with Crippen LogP contribution >= 0.6 is 11.3 Å². The van der Waals surface area contributed by atoms with Crippen LogP contribution < -0.4 is 5.32 Å². The highest BCUT2D eigenvalue weighted by molar-refractivity contribution is 7.15. The van der Waals surface area contributed by atoms with Crippen LogP contribution in [0.15, 0.2) is 23.8 Å². The number of thiazole rings is 1. The number of aryl methyl sites for hydroxylation is 3. The quantitative estimate of drug-likeness (QED) is 0.707. The van der Waals surface area contributed by atoms with E-state index >= 15 is 0 Å². The average molecular weight is 317 g/mol. The molecule has 6 nitrogen and oxygen atoms in total. The van der Waals surface area contributed by atoms with Crippen molar-refractivity contribution in [2.45, 2.75) is 33.2 Å². The first-order valence-corrected chi connectivity index (χ1v) is 8.18. The number of aromatic nitrogens is 4. The third-order valence-electron chi connectivity index (χ3n) is 3.46. The zero-order valence-electron chi connectivity index (χ0n) is 12.7. The van der Waals surface area contributed by atoms with Gasteiger partial charge >= 0.3 is 0 Å². The predicted octanol–water partition coefficient (Wildman–Crippen LogP) is 1.96. The molecule has 0 fully saturated rings. The lowest BCUT2D eigenvalue weighted by Crippen LogP contribution is -2.27. The summed E-state index contributed by atoms with van der Waals surface area (Å²) in [5.41, 5.74) is 2.99. The van der Waals surface area contributed by atoms with Crippen LogP contribution in [-0.4, -0.2) is 31.6 Å². The molecule has 0 radical (unpaired) electrons. The Balaban J connectivity index is 1.42. The van der Waals surface area contributed by atoms with E-state index in [9.17, 15) is 4.79 Å². The van der Waals surface area contributed by atoms with Gasteiger partial charge in [-0.15, -0.1) is 11.3 Å². The summed E-state index contributed by atoms with van der Waals surface area (Å²) in [6, 6.07) is 2.06. The minimum absolute atomic E-state index is 0.0131. The first-order valence-electron chi connectivity index (χ1n) is 7.30. The van der Waals surface area contributed by atoms with Crippen molar-refractivity contribution in [2.75, 3.05) is 6.54 Å². The van der Waals surface area contributed by atoms with E-state index in [1.807, 2.05) is 40.7 Å². The summed E-state index contributed by atoms with van der Waals surface area (Å²) < 4.78 is 3.92. The molecule has 22 heavy (non-hydrogen) atoms. The molecule has 3 aromatic heterocycles. The number of imidazole rings is 1.